The summed E-state index contributed by atoms with van der Waals surface area (Å²) < 4.78 is 0. The van der Waals surface area contributed by atoms with Crippen molar-refractivity contribution < 1.29 is 0 Å². The lowest BCUT2D eigenvalue weighted by molar-refractivity contribution is 1.24. The van der Waals surface area contributed by atoms with Gasteiger partial charge in [0.15, 0.2) is 0 Å². The molecule has 0 unspecified atom stereocenters. The van der Waals surface area contributed by atoms with Crippen LogP contribution in [0.1, 0.15) is 5.56 Å². The molecule has 1 aliphatic heterocycles. The Morgan fingerprint density at radius 3 is 2.89 bits per heavy atom. The van der Waals surface area contributed by atoms with Crippen molar-refractivity contribution in [2.45, 2.75) is 4.90 Å². The lowest BCUT2D eigenvalue weighted by Gasteiger charge is -2.19. The van der Waals surface area contributed by atoms with Crippen LogP contribution in [0.4, 0.5) is 5.69 Å². The molecular formula is C15H12ClNS. The van der Waals surface area contributed by atoms with Gasteiger partial charge in [0.25, 0.3) is 0 Å². The first-order valence-corrected chi connectivity index (χ1v) is 6.97. The average Bonchev–Trinajstić information content (AvgIpc) is 2.39. The van der Waals surface area contributed by atoms with Gasteiger partial charge in [-0.2, -0.15) is 0 Å². The van der Waals surface area contributed by atoms with Crippen LogP contribution < -0.4 is 5.32 Å². The van der Waals surface area contributed by atoms with E-state index in [9.17, 15) is 0 Å². The smallest absolute Gasteiger partial charge is 0.0484 e. The van der Waals surface area contributed by atoms with E-state index in [1.54, 1.807) is 0 Å². The Bertz CT molecular complexity index is 607. The maximum Gasteiger partial charge on any atom is 0.0484 e. The molecule has 0 aromatic heterocycles. The predicted octanol–water partition coefficient (Wildman–Crippen LogP) is 4.90. The van der Waals surface area contributed by atoms with Crippen LogP contribution in [0.15, 0.2) is 58.3 Å². The first-order chi connectivity index (χ1) is 8.81. The molecule has 1 nitrogen and oxygen atoms in total. The number of halogens is 1. The Kier molecular flexibility index (Phi) is 3.31. The highest BCUT2D eigenvalue weighted by Gasteiger charge is 2.11. The molecule has 0 radical (unpaired) electrons. The van der Waals surface area contributed by atoms with Gasteiger partial charge in [-0.25, -0.2) is 0 Å². The first kappa shape index (κ1) is 11.7. The summed E-state index contributed by atoms with van der Waals surface area (Å²) in [6, 6.07) is 16.3. The molecule has 2 aromatic rings. The second-order valence-corrected chi connectivity index (χ2v) is 5.72. The summed E-state index contributed by atoms with van der Waals surface area (Å²) in [5.74, 6) is 0. The van der Waals surface area contributed by atoms with Gasteiger partial charge in [0.05, 0.1) is 0 Å². The molecule has 0 fully saturated rings. The fourth-order valence-corrected chi connectivity index (χ4v) is 3.14. The highest BCUT2D eigenvalue weighted by Crippen LogP contribution is 2.37. The second kappa shape index (κ2) is 5.09. The molecule has 0 atom stereocenters. The van der Waals surface area contributed by atoms with Crippen LogP contribution in [0.5, 0.6) is 0 Å². The van der Waals surface area contributed by atoms with E-state index in [-0.39, 0.29) is 0 Å². The molecule has 1 heterocycles. The summed E-state index contributed by atoms with van der Waals surface area (Å²) >= 11 is 7.81. The number of fused-ring (bicyclic) bond motifs is 1. The van der Waals surface area contributed by atoms with E-state index in [1.807, 2.05) is 30.0 Å². The third-order valence-electron chi connectivity index (χ3n) is 2.76. The van der Waals surface area contributed by atoms with Gasteiger partial charge in [-0.05, 0) is 35.9 Å². The fourth-order valence-electron chi connectivity index (χ4n) is 1.92. The minimum Gasteiger partial charge on any atom is -0.380 e. The van der Waals surface area contributed by atoms with Crippen molar-refractivity contribution in [1.82, 2.24) is 0 Å². The number of anilines is 1. The Balaban J connectivity index is 1.88. The van der Waals surface area contributed by atoms with Crippen molar-refractivity contribution in [3.05, 3.63) is 64.0 Å². The largest absolute Gasteiger partial charge is 0.380 e. The van der Waals surface area contributed by atoms with Gasteiger partial charge in [0, 0.05) is 27.1 Å². The molecule has 0 aliphatic carbocycles. The minimum atomic E-state index is 0.776. The normalized spacial score (nSPS) is 16.2. The van der Waals surface area contributed by atoms with Gasteiger partial charge in [-0.3, -0.25) is 0 Å². The monoisotopic (exact) mass is 273 g/mol. The summed E-state index contributed by atoms with van der Waals surface area (Å²) in [7, 11) is 0. The molecule has 3 heteroatoms. The number of benzene rings is 2. The maximum atomic E-state index is 5.99. The molecule has 0 bridgehead atoms. The molecule has 1 N–H and O–H groups in total. The highest BCUT2D eigenvalue weighted by molar-refractivity contribution is 8.03. The molecule has 2 aromatic carbocycles. The van der Waals surface area contributed by atoms with Gasteiger partial charge < -0.3 is 5.32 Å². The molecule has 1 aliphatic rings. The van der Waals surface area contributed by atoms with Gasteiger partial charge >= 0.3 is 0 Å². The van der Waals surface area contributed by atoms with Crippen LogP contribution in [-0.4, -0.2) is 6.54 Å². The molecule has 0 saturated carbocycles. The van der Waals surface area contributed by atoms with E-state index in [0.29, 0.717) is 0 Å². The number of para-hydroxylation sites is 1. The van der Waals surface area contributed by atoms with Gasteiger partial charge in [0.1, 0.15) is 0 Å². The highest BCUT2D eigenvalue weighted by atomic mass is 35.5. The van der Waals surface area contributed by atoms with Crippen molar-refractivity contribution in [2.24, 2.45) is 0 Å². The third kappa shape index (κ3) is 2.55. The third-order valence-corrected chi connectivity index (χ3v) is 4.09. The van der Waals surface area contributed by atoms with E-state index in [4.69, 9.17) is 11.6 Å². The number of thioether (sulfide) groups is 1. The van der Waals surface area contributed by atoms with Crippen molar-refractivity contribution in [2.75, 3.05) is 11.9 Å². The molecule has 0 saturated heterocycles. The topological polar surface area (TPSA) is 12.0 Å². The number of rotatable bonds is 1. The van der Waals surface area contributed by atoms with Crippen LogP contribution >= 0.6 is 23.4 Å². The van der Waals surface area contributed by atoms with Crippen LogP contribution in [0.2, 0.25) is 5.02 Å². The lowest BCUT2D eigenvalue weighted by atomic mass is 10.2. The Hall–Kier alpha value is -1.38. The zero-order chi connectivity index (χ0) is 12.4. The molecule has 18 heavy (non-hydrogen) atoms. The quantitative estimate of drug-likeness (QED) is 0.793. The van der Waals surface area contributed by atoms with Gasteiger partial charge in [-0.1, -0.05) is 47.6 Å². The second-order valence-electron chi connectivity index (χ2n) is 4.12. The van der Waals surface area contributed by atoms with Gasteiger partial charge in [0.2, 0.25) is 0 Å². The molecule has 3 rings (SSSR count). The molecule has 0 amide bonds. The van der Waals surface area contributed by atoms with Crippen molar-refractivity contribution in [1.29, 1.82) is 0 Å². The fraction of sp³-hybridized carbons (Fsp3) is 0.0667. The Morgan fingerprint density at radius 2 is 2.00 bits per heavy atom. The van der Waals surface area contributed by atoms with Crippen molar-refractivity contribution in [3.63, 3.8) is 0 Å². The minimum absolute atomic E-state index is 0.776. The van der Waals surface area contributed by atoms with Crippen LogP contribution in [-0.2, 0) is 0 Å². The summed E-state index contributed by atoms with van der Waals surface area (Å²) in [4.78, 5) is 2.58. The van der Waals surface area contributed by atoms with E-state index >= 15 is 0 Å². The zero-order valence-corrected chi connectivity index (χ0v) is 11.3. The maximum absolute atomic E-state index is 5.99. The summed E-state index contributed by atoms with van der Waals surface area (Å²) in [6.45, 7) is 0.869. The van der Waals surface area contributed by atoms with Gasteiger partial charge in [-0.15, -0.1) is 0 Å². The van der Waals surface area contributed by atoms with E-state index in [1.165, 1.54) is 15.5 Å². The number of hydrogen-bond acceptors (Lipinski definition) is 2. The van der Waals surface area contributed by atoms with Crippen molar-refractivity contribution >= 4 is 35.1 Å². The summed E-state index contributed by atoms with van der Waals surface area (Å²) in [6.07, 6.45) is 2.18. The molecule has 90 valence electrons. The zero-order valence-electron chi connectivity index (χ0n) is 9.69. The first-order valence-electron chi connectivity index (χ1n) is 5.78. The summed E-state index contributed by atoms with van der Waals surface area (Å²) in [5, 5.41) is 4.20. The SMILES string of the molecule is Clc1cccc(/C=C2\CNc3ccccc3S2)c1. The standard InChI is InChI=1S/C15H12ClNS/c16-12-5-3-4-11(8-12)9-13-10-17-14-6-1-2-7-15(14)18-13/h1-9,17H,10H2/b13-9+. The van der Waals surface area contributed by atoms with E-state index in [2.05, 4.69) is 41.7 Å². The number of hydrogen-bond donors (Lipinski definition) is 1. The van der Waals surface area contributed by atoms with E-state index in [0.717, 1.165) is 17.1 Å². The average molecular weight is 274 g/mol. The molecule has 0 spiro atoms. The molecular weight excluding hydrogens is 262 g/mol. The Morgan fingerprint density at radius 1 is 1.11 bits per heavy atom. The Labute approximate surface area is 116 Å². The van der Waals surface area contributed by atoms with E-state index < -0.39 is 0 Å². The lowest BCUT2D eigenvalue weighted by Crippen LogP contribution is -2.08. The van der Waals surface area contributed by atoms with Crippen LogP contribution in [0.25, 0.3) is 6.08 Å². The van der Waals surface area contributed by atoms with Crippen LogP contribution in [0.3, 0.4) is 0 Å². The number of nitrogens with one attached hydrogen (secondary N) is 1. The predicted molar refractivity (Wildman–Crippen MR) is 80.2 cm³/mol. The van der Waals surface area contributed by atoms with Crippen molar-refractivity contribution in [3.8, 4) is 0 Å². The van der Waals surface area contributed by atoms with Crippen LogP contribution in [0, 0.1) is 0 Å². The summed E-state index contributed by atoms with van der Waals surface area (Å²) in [5.41, 5.74) is 2.36.